The Hall–Kier alpha value is -2.90. The molecule has 2 fully saturated rings. The maximum absolute atomic E-state index is 13.7. The molecule has 0 aromatic carbocycles. The number of nitrogens with zero attached hydrogens (tertiary/aromatic N) is 4. The van der Waals surface area contributed by atoms with Crippen LogP contribution in [0, 0.1) is 18.8 Å². The molecule has 4 rings (SSSR count). The fourth-order valence-electron chi connectivity index (χ4n) is 4.17. The fraction of sp³-hybridized carbons (Fsp3) is 0.333. The van der Waals surface area contributed by atoms with Crippen LogP contribution in [0.2, 0.25) is 10.3 Å². The lowest BCUT2D eigenvalue weighted by molar-refractivity contribution is 0.0506. The number of piperidine rings is 1. The minimum Gasteiger partial charge on any atom is -0.491 e. The number of ether oxygens (including phenoxy) is 1. The van der Waals surface area contributed by atoms with Gasteiger partial charge in [0.1, 0.15) is 28.4 Å². The summed E-state index contributed by atoms with van der Waals surface area (Å²) in [6.45, 7) is 6.87. The molecule has 7 nitrogen and oxygen atoms in total. The Morgan fingerprint density at radius 3 is 2.76 bits per heavy atom. The highest BCUT2D eigenvalue weighted by atomic mass is 35.5. The van der Waals surface area contributed by atoms with Gasteiger partial charge in [0.2, 0.25) is 0 Å². The van der Waals surface area contributed by atoms with Crippen molar-refractivity contribution in [2.45, 2.75) is 25.8 Å². The van der Waals surface area contributed by atoms with Crippen molar-refractivity contribution < 1.29 is 9.53 Å². The summed E-state index contributed by atoms with van der Waals surface area (Å²) < 4.78 is 5.97. The standard InChI is InChI=1S/C24H25Cl2N5O2/c1-14-4-5-20(15(2)28-7-3-6-27)23(29-14)24(32)31-12-17-8-16(17)9-18(31)13-33-19-10-21(25)30-22(26)11-19/h3-7,10-11,16-18H,2,8-9,12-13,27H2,1H3/b6-3-,28-7-/t16-,17+,18+/m1/s1. The summed E-state index contributed by atoms with van der Waals surface area (Å²) >= 11 is 12.0. The van der Waals surface area contributed by atoms with Crippen LogP contribution in [-0.4, -0.2) is 46.2 Å². The van der Waals surface area contributed by atoms with E-state index in [1.165, 1.54) is 12.4 Å². The van der Waals surface area contributed by atoms with Gasteiger partial charge in [-0.1, -0.05) is 29.8 Å². The number of allylic oxidation sites excluding steroid dienone is 1. The van der Waals surface area contributed by atoms with E-state index in [4.69, 9.17) is 33.7 Å². The van der Waals surface area contributed by atoms with Gasteiger partial charge in [-0.05, 0) is 56.0 Å². The molecule has 1 saturated heterocycles. The number of likely N-dealkylation sites (tertiary alicyclic amines) is 1. The van der Waals surface area contributed by atoms with E-state index in [1.807, 2.05) is 24.0 Å². The van der Waals surface area contributed by atoms with Gasteiger partial charge in [0, 0.05) is 36.1 Å². The number of aryl methyl sites for hydroxylation is 1. The second-order valence-corrected chi connectivity index (χ2v) is 9.10. The molecule has 1 aliphatic heterocycles. The Morgan fingerprint density at radius 2 is 2.03 bits per heavy atom. The van der Waals surface area contributed by atoms with Gasteiger partial charge in [-0.25, -0.2) is 9.97 Å². The van der Waals surface area contributed by atoms with E-state index in [0.29, 0.717) is 47.7 Å². The van der Waals surface area contributed by atoms with Crippen LogP contribution in [-0.2, 0) is 0 Å². The van der Waals surface area contributed by atoms with Gasteiger partial charge >= 0.3 is 0 Å². The lowest BCUT2D eigenvalue weighted by atomic mass is 10.0. The van der Waals surface area contributed by atoms with Crippen LogP contribution in [0.3, 0.4) is 0 Å². The van der Waals surface area contributed by atoms with Crippen molar-refractivity contribution in [2.75, 3.05) is 13.2 Å². The van der Waals surface area contributed by atoms with Crippen LogP contribution in [0.5, 0.6) is 5.75 Å². The molecule has 172 valence electrons. The number of carbonyl (C=O) groups excluding carboxylic acids is 1. The van der Waals surface area contributed by atoms with E-state index in [9.17, 15) is 4.79 Å². The summed E-state index contributed by atoms with van der Waals surface area (Å²) in [6, 6.07) is 6.80. The third kappa shape index (κ3) is 5.54. The summed E-state index contributed by atoms with van der Waals surface area (Å²) in [4.78, 5) is 28.4. The number of hydrogen-bond donors (Lipinski definition) is 1. The highest BCUT2D eigenvalue weighted by Crippen LogP contribution is 2.47. The number of carbonyl (C=O) groups is 1. The molecule has 2 aromatic heterocycles. The summed E-state index contributed by atoms with van der Waals surface area (Å²) in [5.74, 6) is 1.53. The smallest absolute Gasteiger partial charge is 0.273 e. The van der Waals surface area contributed by atoms with Crippen LogP contribution in [0.1, 0.15) is 34.6 Å². The monoisotopic (exact) mass is 485 g/mol. The summed E-state index contributed by atoms with van der Waals surface area (Å²) in [5, 5.41) is 0.516. The van der Waals surface area contributed by atoms with Crippen molar-refractivity contribution in [3.8, 4) is 5.75 Å². The van der Waals surface area contributed by atoms with Gasteiger partial charge in [0.25, 0.3) is 5.91 Å². The van der Waals surface area contributed by atoms with Crippen molar-refractivity contribution in [1.29, 1.82) is 0 Å². The van der Waals surface area contributed by atoms with Crippen LogP contribution in [0.25, 0.3) is 5.70 Å². The summed E-state index contributed by atoms with van der Waals surface area (Å²) in [5.41, 5.74) is 7.49. The highest BCUT2D eigenvalue weighted by Gasteiger charge is 2.47. The third-order valence-electron chi connectivity index (χ3n) is 5.93. The molecule has 0 bridgehead atoms. The second kappa shape index (κ2) is 9.93. The van der Waals surface area contributed by atoms with Crippen molar-refractivity contribution >= 4 is 41.0 Å². The minimum atomic E-state index is -0.149. The first-order chi connectivity index (χ1) is 15.9. The number of hydrogen-bond acceptors (Lipinski definition) is 6. The average molecular weight is 486 g/mol. The minimum absolute atomic E-state index is 0.0981. The van der Waals surface area contributed by atoms with Crippen LogP contribution >= 0.6 is 23.2 Å². The number of fused-ring (bicyclic) bond motifs is 1. The van der Waals surface area contributed by atoms with Crippen LogP contribution in [0.15, 0.2) is 48.1 Å². The molecule has 3 atom stereocenters. The molecule has 9 heteroatoms. The fourth-order valence-corrected chi connectivity index (χ4v) is 4.61. The number of amides is 1. The number of rotatable bonds is 7. The summed E-state index contributed by atoms with van der Waals surface area (Å²) in [6.07, 6.45) is 6.52. The maximum Gasteiger partial charge on any atom is 0.273 e. The molecular formula is C24H25Cl2N5O2. The van der Waals surface area contributed by atoms with Gasteiger partial charge in [-0.15, -0.1) is 0 Å². The lowest BCUT2D eigenvalue weighted by Gasteiger charge is -2.35. The maximum atomic E-state index is 13.7. The predicted molar refractivity (Wildman–Crippen MR) is 131 cm³/mol. The molecule has 2 aliphatic rings. The van der Waals surface area contributed by atoms with E-state index in [-0.39, 0.29) is 22.3 Å². The van der Waals surface area contributed by atoms with Crippen LogP contribution in [0.4, 0.5) is 0 Å². The third-order valence-corrected chi connectivity index (χ3v) is 6.32. The molecule has 1 amide bonds. The van der Waals surface area contributed by atoms with Crippen LogP contribution < -0.4 is 10.5 Å². The highest BCUT2D eigenvalue weighted by molar-refractivity contribution is 6.32. The second-order valence-electron chi connectivity index (χ2n) is 8.32. The Balaban J connectivity index is 1.57. The summed E-state index contributed by atoms with van der Waals surface area (Å²) in [7, 11) is 0. The van der Waals surface area contributed by atoms with Gasteiger partial charge in [0.15, 0.2) is 0 Å². The molecule has 2 aromatic rings. The number of nitrogens with two attached hydrogens (primary N) is 1. The van der Waals surface area contributed by atoms with Crippen molar-refractivity contribution in [1.82, 2.24) is 14.9 Å². The van der Waals surface area contributed by atoms with Crippen molar-refractivity contribution in [3.63, 3.8) is 0 Å². The van der Waals surface area contributed by atoms with Crippen molar-refractivity contribution in [2.24, 2.45) is 22.6 Å². The first-order valence-electron chi connectivity index (χ1n) is 10.7. The normalized spacial score (nSPS) is 21.9. The molecule has 33 heavy (non-hydrogen) atoms. The number of halogens is 2. The zero-order valence-corrected chi connectivity index (χ0v) is 19.8. The molecule has 0 spiro atoms. The lowest BCUT2D eigenvalue weighted by Crippen LogP contribution is -2.48. The zero-order chi connectivity index (χ0) is 23.5. The quantitative estimate of drug-likeness (QED) is 0.458. The Kier molecular flexibility index (Phi) is 7.00. The molecule has 0 radical (unpaired) electrons. The van der Waals surface area contributed by atoms with Gasteiger partial charge < -0.3 is 15.4 Å². The molecule has 2 N–H and O–H groups in total. The zero-order valence-electron chi connectivity index (χ0n) is 18.2. The van der Waals surface area contributed by atoms with Gasteiger partial charge in [-0.2, -0.15) is 0 Å². The predicted octanol–water partition coefficient (Wildman–Crippen LogP) is 4.54. The molecule has 1 aliphatic carbocycles. The SMILES string of the molecule is C=C(/N=C\C=C/N)c1ccc(C)nc1C(=O)N1C[C@@H]2C[C@@H]2C[C@H]1COc1cc(Cl)nc(Cl)c1. The molecule has 1 saturated carbocycles. The largest absolute Gasteiger partial charge is 0.491 e. The number of aliphatic imine (C=N–C) groups is 1. The Labute approximate surface area is 203 Å². The molecular weight excluding hydrogens is 461 g/mol. The van der Waals surface area contributed by atoms with Crippen molar-refractivity contribution in [3.05, 3.63) is 70.4 Å². The first-order valence-corrected chi connectivity index (χ1v) is 11.5. The average Bonchev–Trinajstić information content (AvgIpc) is 3.54. The van der Waals surface area contributed by atoms with E-state index in [2.05, 4.69) is 21.5 Å². The first kappa shape index (κ1) is 23.3. The Morgan fingerprint density at radius 1 is 1.27 bits per heavy atom. The Bertz CT molecular complexity index is 1110. The van der Waals surface area contributed by atoms with E-state index in [0.717, 1.165) is 18.5 Å². The number of pyridine rings is 2. The van der Waals surface area contributed by atoms with Gasteiger partial charge in [0.05, 0.1) is 11.7 Å². The van der Waals surface area contributed by atoms with E-state index < -0.39 is 0 Å². The topological polar surface area (TPSA) is 93.7 Å². The molecule has 0 unspecified atom stereocenters. The number of aromatic nitrogens is 2. The van der Waals surface area contributed by atoms with Gasteiger partial charge in [-0.3, -0.25) is 9.79 Å². The molecule has 3 heterocycles. The van der Waals surface area contributed by atoms with E-state index >= 15 is 0 Å². The van der Waals surface area contributed by atoms with E-state index in [1.54, 1.807) is 18.2 Å².